The summed E-state index contributed by atoms with van der Waals surface area (Å²) in [5.74, 6) is 0.445. The van der Waals surface area contributed by atoms with Crippen LogP contribution in [0.5, 0.6) is 0 Å². The maximum atomic E-state index is 13.0. The molecule has 6 nitrogen and oxygen atoms in total. The van der Waals surface area contributed by atoms with Crippen LogP contribution < -0.4 is 5.32 Å². The monoisotopic (exact) mass is 424 g/mol. The van der Waals surface area contributed by atoms with Gasteiger partial charge < -0.3 is 19.6 Å². The molecule has 2 aromatic carbocycles. The Morgan fingerprint density at radius 3 is 2.53 bits per heavy atom. The second-order valence-corrected chi connectivity index (χ2v) is 8.72. The van der Waals surface area contributed by atoms with Crippen molar-refractivity contribution in [2.75, 3.05) is 0 Å². The lowest BCUT2D eigenvalue weighted by atomic mass is 10.1. The number of rotatable bonds is 4. The zero-order valence-corrected chi connectivity index (χ0v) is 18.4. The number of aryl methyl sites for hydroxylation is 2. The highest BCUT2D eigenvalue weighted by Gasteiger charge is 2.24. The van der Waals surface area contributed by atoms with E-state index in [1.807, 2.05) is 72.6 Å². The van der Waals surface area contributed by atoms with Crippen LogP contribution in [0.25, 0.3) is 21.9 Å². The highest BCUT2D eigenvalue weighted by atomic mass is 35.5. The fourth-order valence-corrected chi connectivity index (χ4v) is 4.06. The van der Waals surface area contributed by atoms with Crippen LogP contribution in [0.3, 0.4) is 0 Å². The second kappa shape index (κ2) is 7.15. The first-order chi connectivity index (χ1) is 14.1. The van der Waals surface area contributed by atoms with Gasteiger partial charge in [-0.2, -0.15) is 0 Å². The lowest BCUT2D eigenvalue weighted by molar-refractivity contribution is 0.0663. The Balaban J connectivity index is 1.63. The second-order valence-electron chi connectivity index (χ2n) is 8.29. The molecule has 0 bridgehead atoms. The van der Waals surface area contributed by atoms with Crippen molar-refractivity contribution >= 4 is 39.4 Å². The van der Waals surface area contributed by atoms with E-state index in [0.29, 0.717) is 16.5 Å². The number of carbonyl (C=O) groups is 1. The number of benzene rings is 2. The summed E-state index contributed by atoms with van der Waals surface area (Å²) in [6.07, 6.45) is 0. The summed E-state index contributed by atoms with van der Waals surface area (Å²) in [6.45, 7) is 5.38. The number of aliphatic hydroxyl groups is 1. The van der Waals surface area contributed by atoms with Gasteiger partial charge >= 0.3 is 0 Å². The average Bonchev–Trinajstić information content (AvgIpc) is 3.19. The molecule has 4 rings (SSSR count). The van der Waals surface area contributed by atoms with Gasteiger partial charge in [-0.25, -0.2) is 4.98 Å². The third-order valence-electron chi connectivity index (χ3n) is 5.54. The molecule has 1 atom stereocenters. The van der Waals surface area contributed by atoms with Crippen LogP contribution in [-0.2, 0) is 19.7 Å². The summed E-state index contributed by atoms with van der Waals surface area (Å²) >= 11 is 6.10. The Bertz CT molecular complexity index is 1280. The van der Waals surface area contributed by atoms with Crippen LogP contribution in [0.2, 0.25) is 5.02 Å². The molecule has 0 aliphatic rings. The summed E-state index contributed by atoms with van der Waals surface area (Å²) < 4.78 is 3.74. The van der Waals surface area contributed by atoms with Gasteiger partial charge in [0.15, 0.2) is 0 Å². The van der Waals surface area contributed by atoms with Gasteiger partial charge in [-0.3, -0.25) is 4.79 Å². The van der Waals surface area contributed by atoms with Crippen LogP contribution in [0.15, 0.2) is 42.5 Å². The van der Waals surface area contributed by atoms with Crippen molar-refractivity contribution in [2.24, 2.45) is 14.1 Å². The molecule has 1 unspecified atom stereocenters. The third kappa shape index (κ3) is 3.46. The SMILES string of the molecule is CC(NC(=O)c1cc2ccc(Cl)cc2n1C)c1ccc2nc(C(C)(C)O)n(C)c2c1. The number of amides is 1. The molecule has 0 saturated heterocycles. The van der Waals surface area contributed by atoms with Crippen molar-refractivity contribution in [3.63, 3.8) is 0 Å². The third-order valence-corrected chi connectivity index (χ3v) is 5.77. The molecular weight excluding hydrogens is 400 g/mol. The zero-order chi connectivity index (χ0) is 21.8. The highest BCUT2D eigenvalue weighted by molar-refractivity contribution is 6.31. The summed E-state index contributed by atoms with van der Waals surface area (Å²) in [5, 5.41) is 15.0. The molecule has 0 aliphatic heterocycles. The predicted octanol–water partition coefficient (Wildman–Crippen LogP) is 4.44. The molecule has 4 aromatic rings. The van der Waals surface area contributed by atoms with E-state index < -0.39 is 5.60 Å². The molecule has 0 spiro atoms. The molecule has 156 valence electrons. The maximum Gasteiger partial charge on any atom is 0.268 e. The minimum atomic E-state index is -1.04. The Labute approximate surface area is 180 Å². The summed E-state index contributed by atoms with van der Waals surface area (Å²) in [5.41, 5.74) is 3.13. The van der Waals surface area contributed by atoms with Gasteiger partial charge in [-0.1, -0.05) is 23.7 Å². The number of nitrogens with zero attached hydrogens (tertiary/aromatic N) is 3. The van der Waals surface area contributed by atoms with E-state index in [4.69, 9.17) is 11.6 Å². The zero-order valence-electron chi connectivity index (χ0n) is 17.7. The maximum absolute atomic E-state index is 13.0. The Hall–Kier alpha value is -2.83. The smallest absolute Gasteiger partial charge is 0.268 e. The molecule has 2 N–H and O–H groups in total. The Morgan fingerprint density at radius 2 is 1.83 bits per heavy atom. The topological polar surface area (TPSA) is 72.1 Å². The van der Waals surface area contributed by atoms with Crippen molar-refractivity contribution in [1.82, 2.24) is 19.4 Å². The van der Waals surface area contributed by atoms with Crippen LogP contribution in [0.1, 0.15) is 48.7 Å². The largest absolute Gasteiger partial charge is 0.383 e. The first-order valence-corrected chi connectivity index (χ1v) is 10.2. The van der Waals surface area contributed by atoms with Crippen molar-refractivity contribution in [3.8, 4) is 0 Å². The first kappa shape index (κ1) is 20.4. The molecule has 2 aromatic heterocycles. The van der Waals surface area contributed by atoms with Crippen LogP contribution in [0.4, 0.5) is 0 Å². The molecule has 0 radical (unpaired) electrons. The van der Waals surface area contributed by atoms with Crippen LogP contribution in [0, 0.1) is 0 Å². The van der Waals surface area contributed by atoms with Crippen molar-refractivity contribution in [2.45, 2.75) is 32.4 Å². The van der Waals surface area contributed by atoms with Gasteiger partial charge in [0, 0.05) is 30.0 Å². The average molecular weight is 425 g/mol. The van der Waals surface area contributed by atoms with Crippen LogP contribution in [-0.4, -0.2) is 25.1 Å². The Kier molecular flexibility index (Phi) is 4.87. The van der Waals surface area contributed by atoms with E-state index in [0.717, 1.165) is 27.5 Å². The van der Waals surface area contributed by atoms with E-state index in [1.54, 1.807) is 13.8 Å². The van der Waals surface area contributed by atoms with Gasteiger partial charge in [0.05, 0.1) is 17.1 Å². The molecule has 0 fully saturated rings. The summed E-state index contributed by atoms with van der Waals surface area (Å²) in [6, 6.07) is 13.1. The number of hydrogen-bond donors (Lipinski definition) is 2. The summed E-state index contributed by atoms with van der Waals surface area (Å²) in [7, 11) is 3.74. The normalized spacial score (nSPS) is 13.2. The molecule has 30 heavy (non-hydrogen) atoms. The van der Waals surface area contributed by atoms with E-state index >= 15 is 0 Å². The van der Waals surface area contributed by atoms with Gasteiger partial charge in [0.2, 0.25) is 0 Å². The molecule has 7 heteroatoms. The van der Waals surface area contributed by atoms with E-state index in [1.165, 1.54) is 0 Å². The number of fused-ring (bicyclic) bond motifs is 2. The lowest BCUT2D eigenvalue weighted by Gasteiger charge is -2.17. The fourth-order valence-electron chi connectivity index (χ4n) is 3.90. The fraction of sp³-hybridized carbons (Fsp3) is 0.304. The minimum Gasteiger partial charge on any atom is -0.383 e. The molecule has 0 aliphatic carbocycles. The van der Waals surface area contributed by atoms with Crippen LogP contribution >= 0.6 is 11.6 Å². The van der Waals surface area contributed by atoms with Gasteiger partial charge in [-0.05, 0) is 56.7 Å². The number of nitrogens with one attached hydrogen (secondary N) is 1. The minimum absolute atomic E-state index is 0.153. The molecule has 1 amide bonds. The summed E-state index contributed by atoms with van der Waals surface area (Å²) in [4.78, 5) is 17.5. The quantitative estimate of drug-likeness (QED) is 0.508. The van der Waals surface area contributed by atoms with Gasteiger partial charge in [0.25, 0.3) is 5.91 Å². The predicted molar refractivity (Wildman–Crippen MR) is 120 cm³/mol. The number of carbonyl (C=O) groups excluding carboxylic acids is 1. The number of halogens is 1. The van der Waals surface area contributed by atoms with Crippen molar-refractivity contribution < 1.29 is 9.90 Å². The highest BCUT2D eigenvalue weighted by Crippen LogP contribution is 2.27. The van der Waals surface area contributed by atoms with E-state index in [2.05, 4.69) is 10.3 Å². The first-order valence-electron chi connectivity index (χ1n) is 9.81. The van der Waals surface area contributed by atoms with Crippen molar-refractivity contribution in [3.05, 3.63) is 64.6 Å². The van der Waals surface area contributed by atoms with Crippen molar-refractivity contribution in [1.29, 1.82) is 0 Å². The number of hydrogen-bond acceptors (Lipinski definition) is 3. The van der Waals surface area contributed by atoms with Gasteiger partial charge in [0.1, 0.15) is 17.1 Å². The van der Waals surface area contributed by atoms with E-state index in [9.17, 15) is 9.90 Å². The number of aromatic nitrogens is 3. The Morgan fingerprint density at radius 1 is 1.10 bits per heavy atom. The lowest BCUT2D eigenvalue weighted by Crippen LogP contribution is -2.28. The molecule has 2 heterocycles. The van der Waals surface area contributed by atoms with E-state index in [-0.39, 0.29) is 11.9 Å². The number of imidazole rings is 1. The molecule has 0 saturated carbocycles. The van der Waals surface area contributed by atoms with Gasteiger partial charge in [-0.15, -0.1) is 0 Å². The molecular formula is C23H25ClN4O2. The standard InChI is InChI=1S/C23H25ClN4O2/c1-13(14-7-9-17-19(10-14)28(5)22(26-17)23(2,3)30)25-21(29)20-11-15-6-8-16(24)12-18(15)27(20)4/h6-13,30H,1-5H3,(H,25,29).